The van der Waals surface area contributed by atoms with Crippen molar-refractivity contribution < 1.29 is 34.0 Å². The van der Waals surface area contributed by atoms with Crippen LogP contribution in [-0.2, 0) is 28.2 Å². The Morgan fingerprint density at radius 2 is 0.744 bits per heavy atom. The zero-order chi connectivity index (χ0) is 26.2. The quantitative estimate of drug-likeness (QED) is 0.114. The molecule has 0 saturated carbocycles. The summed E-state index contributed by atoms with van der Waals surface area (Å²) >= 11 is 0.580. The predicted octanol–water partition coefficient (Wildman–Crippen LogP) is 9.55. The van der Waals surface area contributed by atoms with Gasteiger partial charge in [-0.1, -0.05) is 26.7 Å². The average Bonchev–Trinajstić information content (AvgIpc) is 2.92. The molecule has 0 atom stereocenters. The molecule has 2 rings (SSSR count). The first-order valence-corrected chi connectivity index (χ1v) is 16.3. The van der Waals surface area contributed by atoms with Crippen LogP contribution in [0, 0.1) is 0 Å². The minimum absolute atomic E-state index is 0. The van der Waals surface area contributed by atoms with Gasteiger partial charge in [-0.3, -0.25) is 0 Å². The van der Waals surface area contributed by atoms with Gasteiger partial charge in [-0.05, 0) is 0 Å². The van der Waals surface area contributed by atoms with Gasteiger partial charge in [0.1, 0.15) is 0 Å². The first-order chi connectivity index (χ1) is 18.3. The van der Waals surface area contributed by atoms with Crippen molar-refractivity contribution in [3.63, 3.8) is 0 Å². The molecule has 0 aromatic heterocycles. The van der Waals surface area contributed by atoms with Crippen LogP contribution in [0.3, 0.4) is 0 Å². The van der Waals surface area contributed by atoms with Crippen LogP contribution in [0.5, 0.6) is 11.5 Å². The Morgan fingerprint density at radius 3 is 1.10 bits per heavy atom. The van der Waals surface area contributed by atoms with Crippen molar-refractivity contribution in [1.29, 1.82) is 0 Å². The van der Waals surface area contributed by atoms with E-state index in [1.807, 2.05) is 0 Å². The molecule has 0 unspecified atom stereocenters. The summed E-state index contributed by atoms with van der Waals surface area (Å²) in [6.07, 6.45) is 26.6. The molecule has 0 aliphatic carbocycles. The Bertz CT molecular complexity index is 733. The molecular weight excluding hydrogens is 531 g/mol. The fraction of sp³-hybridized carbons (Fsp3) is 0.647. The second kappa shape index (κ2) is 26.7. The second-order valence-corrected chi connectivity index (χ2v) is 11.2. The molecule has 5 heteroatoms. The SMILES string of the molecule is CCCCCCCCCCCc1ccccc1[O][Co][O]c1ccccc1CCCCCCCCCCC.O.O. The fourth-order valence-corrected chi connectivity index (χ4v) is 5.52. The number of benzene rings is 2. The van der Waals surface area contributed by atoms with Gasteiger partial charge in [-0.25, -0.2) is 0 Å². The first-order valence-electron chi connectivity index (χ1n) is 15.5. The zero-order valence-corrected chi connectivity index (χ0v) is 26.0. The smallest absolute Gasteiger partial charge is 0.412 e. The van der Waals surface area contributed by atoms with Crippen LogP contribution < -0.4 is 7.70 Å². The summed E-state index contributed by atoms with van der Waals surface area (Å²) in [7, 11) is 0. The summed E-state index contributed by atoms with van der Waals surface area (Å²) in [5.41, 5.74) is 2.59. The molecule has 2 aromatic carbocycles. The summed E-state index contributed by atoms with van der Waals surface area (Å²) in [6, 6.07) is 16.9. The summed E-state index contributed by atoms with van der Waals surface area (Å²) < 4.78 is 12.1. The monoisotopic (exact) mass is 589 g/mol. The van der Waals surface area contributed by atoms with Crippen LogP contribution in [0.1, 0.15) is 141 Å². The molecule has 4 N–H and O–H groups in total. The van der Waals surface area contributed by atoms with Gasteiger partial charge in [0.05, 0.1) is 0 Å². The van der Waals surface area contributed by atoms with Gasteiger partial charge in [0, 0.05) is 0 Å². The van der Waals surface area contributed by atoms with E-state index in [1.165, 1.54) is 127 Å². The van der Waals surface area contributed by atoms with Crippen LogP contribution in [0.2, 0.25) is 0 Å². The van der Waals surface area contributed by atoms with E-state index in [4.69, 9.17) is 7.70 Å². The van der Waals surface area contributed by atoms with Crippen molar-refractivity contribution in [2.45, 2.75) is 142 Å². The fourth-order valence-electron chi connectivity index (χ4n) is 4.88. The maximum absolute atomic E-state index is 6.07. The van der Waals surface area contributed by atoms with Crippen molar-refractivity contribution in [3.05, 3.63) is 59.7 Å². The van der Waals surface area contributed by atoms with E-state index in [9.17, 15) is 0 Å². The van der Waals surface area contributed by atoms with Crippen molar-refractivity contribution in [2.75, 3.05) is 0 Å². The van der Waals surface area contributed by atoms with Gasteiger partial charge in [-0.15, -0.1) is 0 Å². The van der Waals surface area contributed by atoms with Crippen LogP contribution in [-0.4, -0.2) is 11.0 Å². The standard InChI is InChI=1S/2C17H28O.Co.2H2O/c2*1-2-3-4-5-6-7-8-9-10-13-16-14-11-12-15-17(16)18;;;/h2*11-12,14-15,18H,2-10,13H2,1H3;;2*1H2/q;;+2;;/p-2. The number of hydrogen-bond donors (Lipinski definition) is 0. The van der Waals surface area contributed by atoms with Crippen molar-refractivity contribution in [2.24, 2.45) is 0 Å². The van der Waals surface area contributed by atoms with E-state index in [-0.39, 0.29) is 11.0 Å². The Labute approximate surface area is 246 Å². The van der Waals surface area contributed by atoms with Gasteiger partial charge in [0.25, 0.3) is 0 Å². The summed E-state index contributed by atoms with van der Waals surface area (Å²) in [6.45, 7) is 4.57. The Hall–Kier alpha value is -1.53. The summed E-state index contributed by atoms with van der Waals surface area (Å²) in [5.74, 6) is 1.91. The molecule has 0 aliphatic rings. The third kappa shape index (κ3) is 18.4. The van der Waals surface area contributed by atoms with E-state index >= 15 is 0 Å². The molecule has 0 bridgehead atoms. The zero-order valence-electron chi connectivity index (χ0n) is 24.9. The topological polar surface area (TPSA) is 81.5 Å². The first kappa shape index (κ1) is 37.5. The Kier molecular flexibility index (Phi) is 25.6. The maximum atomic E-state index is 6.07. The van der Waals surface area contributed by atoms with Crippen LogP contribution in [0.15, 0.2) is 48.5 Å². The van der Waals surface area contributed by atoms with Gasteiger partial charge in [0.2, 0.25) is 0 Å². The molecule has 2 aromatic rings. The summed E-state index contributed by atoms with van der Waals surface area (Å²) in [4.78, 5) is 0. The minimum Gasteiger partial charge on any atom is -0.412 e. The van der Waals surface area contributed by atoms with Gasteiger partial charge < -0.3 is 11.0 Å². The Balaban J connectivity index is 0.00000722. The number of hydrogen-bond acceptors (Lipinski definition) is 2. The van der Waals surface area contributed by atoms with Crippen molar-refractivity contribution in [1.82, 2.24) is 0 Å². The average molecular weight is 590 g/mol. The molecule has 0 radical (unpaired) electrons. The number of para-hydroxylation sites is 2. The number of aryl methyl sites for hydroxylation is 2. The van der Waals surface area contributed by atoms with E-state index < -0.39 is 0 Å². The molecule has 0 spiro atoms. The van der Waals surface area contributed by atoms with Gasteiger partial charge in [-0.2, -0.15) is 0 Å². The van der Waals surface area contributed by atoms with E-state index in [2.05, 4.69) is 62.4 Å². The summed E-state index contributed by atoms with van der Waals surface area (Å²) in [5, 5.41) is 0. The van der Waals surface area contributed by atoms with Crippen LogP contribution in [0.4, 0.5) is 0 Å². The Morgan fingerprint density at radius 1 is 0.436 bits per heavy atom. The molecule has 227 valence electrons. The molecule has 39 heavy (non-hydrogen) atoms. The minimum atomic E-state index is 0. The van der Waals surface area contributed by atoms with Crippen molar-refractivity contribution in [3.8, 4) is 11.5 Å². The molecule has 0 saturated heterocycles. The number of unbranched alkanes of at least 4 members (excludes halogenated alkanes) is 16. The van der Waals surface area contributed by atoms with Crippen molar-refractivity contribution >= 4 is 0 Å². The van der Waals surface area contributed by atoms with Gasteiger partial charge in [0.15, 0.2) is 0 Å². The third-order valence-electron chi connectivity index (χ3n) is 7.25. The molecule has 0 fully saturated rings. The van der Waals surface area contributed by atoms with E-state index in [0.717, 1.165) is 24.3 Å². The second-order valence-electron chi connectivity index (χ2n) is 10.6. The van der Waals surface area contributed by atoms with Crippen LogP contribution in [0.25, 0.3) is 0 Å². The third-order valence-corrected chi connectivity index (χ3v) is 7.88. The molecule has 0 aliphatic heterocycles. The molecule has 4 nitrogen and oxygen atoms in total. The van der Waals surface area contributed by atoms with Gasteiger partial charge >= 0.3 is 210 Å². The van der Waals surface area contributed by atoms with Crippen LogP contribution >= 0.6 is 0 Å². The van der Waals surface area contributed by atoms with E-state index in [0.29, 0.717) is 15.3 Å². The van der Waals surface area contributed by atoms with E-state index in [1.54, 1.807) is 0 Å². The number of rotatable bonds is 24. The molecule has 0 heterocycles. The molecular formula is C34H58CoO4. The molecule has 0 amide bonds. The normalized spacial score (nSPS) is 10.6. The predicted molar refractivity (Wildman–Crippen MR) is 163 cm³/mol.